The summed E-state index contributed by atoms with van der Waals surface area (Å²) in [5, 5.41) is 18.3. The average Bonchev–Trinajstić information content (AvgIpc) is 2.72. The molecule has 0 radical (unpaired) electrons. The maximum atomic E-state index is 11.8. The number of hydrogen-bond acceptors (Lipinski definition) is 4. The second-order valence-electron chi connectivity index (χ2n) is 8.01. The summed E-state index contributed by atoms with van der Waals surface area (Å²) in [5.41, 5.74) is 2.93. The van der Waals surface area contributed by atoms with E-state index in [1.165, 1.54) is 0 Å². The van der Waals surface area contributed by atoms with Crippen LogP contribution in [0, 0.1) is 11.3 Å². The number of anilines is 1. The molecule has 0 spiro atoms. The predicted octanol–water partition coefficient (Wildman–Crippen LogP) is 4.20. The number of amides is 1. The number of ether oxygens (including phenoxy) is 1. The molecule has 0 saturated heterocycles. The SMILES string of the molecule is CCNC(=NCc1cccc(C#N)c1)NCCc1ccc(NC(=O)OC(C)(C)C)cc1. The Morgan fingerprint density at radius 2 is 1.84 bits per heavy atom. The Morgan fingerprint density at radius 3 is 2.48 bits per heavy atom. The molecular formula is C24H31N5O2. The van der Waals surface area contributed by atoms with Crippen LogP contribution in [0.1, 0.15) is 44.4 Å². The minimum absolute atomic E-state index is 0.464. The lowest BCUT2D eigenvalue weighted by Gasteiger charge is -2.19. The standard InChI is InChI=1S/C24H31N5O2/c1-5-26-22(28-17-20-8-6-7-19(15-20)16-25)27-14-13-18-9-11-21(12-10-18)29-23(30)31-24(2,3)4/h6-12,15H,5,13-14,17H2,1-4H3,(H,29,30)(H2,26,27,28). The van der Waals surface area contributed by atoms with Crippen molar-refractivity contribution in [3.8, 4) is 6.07 Å². The first-order valence-electron chi connectivity index (χ1n) is 10.4. The maximum Gasteiger partial charge on any atom is 0.412 e. The van der Waals surface area contributed by atoms with E-state index in [2.05, 4.69) is 27.0 Å². The molecule has 2 aromatic carbocycles. The molecule has 0 aromatic heterocycles. The zero-order valence-electron chi connectivity index (χ0n) is 18.7. The van der Waals surface area contributed by atoms with Gasteiger partial charge in [-0.1, -0.05) is 24.3 Å². The zero-order valence-corrected chi connectivity index (χ0v) is 18.7. The molecule has 7 nitrogen and oxygen atoms in total. The van der Waals surface area contributed by atoms with Crippen molar-refractivity contribution in [3.05, 3.63) is 65.2 Å². The van der Waals surface area contributed by atoms with Crippen molar-refractivity contribution < 1.29 is 9.53 Å². The number of carbonyl (C=O) groups is 1. The Balaban J connectivity index is 1.85. The molecule has 2 rings (SSSR count). The van der Waals surface area contributed by atoms with E-state index in [9.17, 15) is 4.79 Å². The van der Waals surface area contributed by atoms with Gasteiger partial charge in [-0.05, 0) is 69.5 Å². The van der Waals surface area contributed by atoms with E-state index in [0.717, 1.165) is 30.1 Å². The van der Waals surface area contributed by atoms with Crippen molar-refractivity contribution in [3.63, 3.8) is 0 Å². The highest BCUT2D eigenvalue weighted by Crippen LogP contribution is 2.13. The van der Waals surface area contributed by atoms with Gasteiger partial charge in [0.2, 0.25) is 0 Å². The molecule has 0 atom stereocenters. The highest BCUT2D eigenvalue weighted by Gasteiger charge is 2.16. The fraction of sp³-hybridized carbons (Fsp3) is 0.375. The minimum Gasteiger partial charge on any atom is -0.444 e. The number of nitrogens with zero attached hydrogens (tertiary/aromatic N) is 2. The molecule has 0 heterocycles. The van der Waals surface area contributed by atoms with Gasteiger partial charge in [0.05, 0.1) is 18.2 Å². The topological polar surface area (TPSA) is 98.5 Å². The van der Waals surface area contributed by atoms with Crippen molar-refractivity contribution in [1.29, 1.82) is 5.26 Å². The molecule has 0 unspecified atom stereocenters. The third-order valence-corrected chi connectivity index (χ3v) is 4.13. The molecule has 1 amide bonds. The van der Waals surface area contributed by atoms with Crippen LogP contribution in [0.15, 0.2) is 53.5 Å². The second kappa shape index (κ2) is 11.6. The monoisotopic (exact) mass is 421 g/mol. The molecule has 164 valence electrons. The van der Waals surface area contributed by atoms with Gasteiger partial charge >= 0.3 is 6.09 Å². The fourth-order valence-corrected chi connectivity index (χ4v) is 2.75. The van der Waals surface area contributed by atoms with Gasteiger partial charge in [-0.3, -0.25) is 5.32 Å². The number of aliphatic imine (C=N–C) groups is 1. The van der Waals surface area contributed by atoms with E-state index < -0.39 is 11.7 Å². The van der Waals surface area contributed by atoms with Crippen LogP contribution in [0.5, 0.6) is 0 Å². The minimum atomic E-state index is -0.528. The molecule has 7 heteroatoms. The Hall–Kier alpha value is -3.53. The van der Waals surface area contributed by atoms with Gasteiger partial charge in [0, 0.05) is 18.8 Å². The lowest BCUT2D eigenvalue weighted by atomic mass is 10.1. The van der Waals surface area contributed by atoms with E-state index in [1.54, 1.807) is 6.07 Å². The molecule has 0 saturated carbocycles. The molecule has 2 aromatic rings. The van der Waals surface area contributed by atoms with Gasteiger partial charge in [-0.15, -0.1) is 0 Å². The molecule has 31 heavy (non-hydrogen) atoms. The van der Waals surface area contributed by atoms with E-state index in [-0.39, 0.29) is 0 Å². The molecule has 0 aliphatic rings. The molecule has 0 bridgehead atoms. The quantitative estimate of drug-likeness (QED) is 0.460. The summed E-state index contributed by atoms with van der Waals surface area (Å²) in [4.78, 5) is 16.4. The number of rotatable bonds is 7. The maximum absolute atomic E-state index is 11.8. The number of benzene rings is 2. The van der Waals surface area contributed by atoms with Crippen molar-refractivity contribution in [2.45, 2.75) is 46.3 Å². The van der Waals surface area contributed by atoms with Crippen molar-refractivity contribution >= 4 is 17.7 Å². The Bertz CT molecular complexity index is 924. The summed E-state index contributed by atoms with van der Waals surface area (Å²) >= 11 is 0. The van der Waals surface area contributed by atoms with Crippen LogP contribution in [0.25, 0.3) is 0 Å². The Labute approximate surface area is 184 Å². The van der Waals surface area contributed by atoms with Gasteiger partial charge in [0.25, 0.3) is 0 Å². The van der Waals surface area contributed by atoms with E-state index in [1.807, 2.05) is 70.2 Å². The van der Waals surface area contributed by atoms with E-state index in [4.69, 9.17) is 10.00 Å². The summed E-state index contributed by atoms with van der Waals surface area (Å²) in [7, 11) is 0. The lowest BCUT2D eigenvalue weighted by molar-refractivity contribution is 0.0636. The van der Waals surface area contributed by atoms with Crippen LogP contribution >= 0.6 is 0 Å². The van der Waals surface area contributed by atoms with Gasteiger partial charge < -0.3 is 15.4 Å². The van der Waals surface area contributed by atoms with E-state index in [0.29, 0.717) is 24.3 Å². The summed E-state index contributed by atoms with van der Waals surface area (Å²) in [5.74, 6) is 0.730. The number of hydrogen-bond donors (Lipinski definition) is 3. The van der Waals surface area contributed by atoms with Gasteiger partial charge in [0.15, 0.2) is 5.96 Å². The zero-order chi connectivity index (χ0) is 22.7. The molecule has 3 N–H and O–H groups in total. The third kappa shape index (κ3) is 9.22. The highest BCUT2D eigenvalue weighted by molar-refractivity contribution is 5.84. The average molecular weight is 422 g/mol. The largest absolute Gasteiger partial charge is 0.444 e. The number of guanidine groups is 1. The van der Waals surface area contributed by atoms with Crippen LogP contribution in [0.4, 0.5) is 10.5 Å². The smallest absolute Gasteiger partial charge is 0.412 e. The number of nitrogens with one attached hydrogen (secondary N) is 3. The van der Waals surface area contributed by atoms with Crippen molar-refractivity contribution in [1.82, 2.24) is 10.6 Å². The van der Waals surface area contributed by atoms with Crippen LogP contribution < -0.4 is 16.0 Å². The van der Waals surface area contributed by atoms with Crippen LogP contribution in [-0.2, 0) is 17.7 Å². The normalized spacial score (nSPS) is 11.4. The number of nitriles is 1. The first-order chi connectivity index (χ1) is 14.8. The molecule has 0 aliphatic heterocycles. The van der Waals surface area contributed by atoms with Gasteiger partial charge in [0.1, 0.15) is 5.60 Å². The highest BCUT2D eigenvalue weighted by atomic mass is 16.6. The molecule has 0 fully saturated rings. The summed E-state index contributed by atoms with van der Waals surface area (Å²) in [6.45, 7) is 9.48. The Morgan fingerprint density at radius 1 is 1.10 bits per heavy atom. The van der Waals surface area contributed by atoms with Gasteiger partial charge in [-0.2, -0.15) is 5.26 Å². The molecule has 0 aliphatic carbocycles. The van der Waals surface area contributed by atoms with Crippen LogP contribution in [0.3, 0.4) is 0 Å². The van der Waals surface area contributed by atoms with E-state index >= 15 is 0 Å². The van der Waals surface area contributed by atoms with Crippen molar-refractivity contribution in [2.24, 2.45) is 4.99 Å². The van der Waals surface area contributed by atoms with Crippen LogP contribution in [-0.4, -0.2) is 30.7 Å². The summed E-state index contributed by atoms with van der Waals surface area (Å²) in [6.07, 6.45) is 0.342. The predicted molar refractivity (Wildman–Crippen MR) is 124 cm³/mol. The first-order valence-corrected chi connectivity index (χ1v) is 10.4. The first kappa shape index (κ1) is 23.7. The van der Waals surface area contributed by atoms with Crippen molar-refractivity contribution in [2.75, 3.05) is 18.4 Å². The van der Waals surface area contributed by atoms with Crippen LogP contribution in [0.2, 0.25) is 0 Å². The fourth-order valence-electron chi connectivity index (χ4n) is 2.75. The lowest BCUT2D eigenvalue weighted by Crippen LogP contribution is -2.38. The Kier molecular flexibility index (Phi) is 8.89. The second-order valence-corrected chi connectivity index (χ2v) is 8.01. The third-order valence-electron chi connectivity index (χ3n) is 4.13. The molecular weight excluding hydrogens is 390 g/mol. The summed E-state index contributed by atoms with van der Waals surface area (Å²) in [6, 6.07) is 17.3. The number of carbonyl (C=O) groups excluding carboxylic acids is 1. The van der Waals surface area contributed by atoms with Gasteiger partial charge in [-0.25, -0.2) is 9.79 Å². The summed E-state index contributed by atoms with van der Waals surface area (Å²) < 4.78 is 5.26.